The molecule has 0 atom stereocenters. The van der Waals surface area contributed by atoms with Gasteiger partial charge in [-0.15, -0.1) is 0 Å². The Balaban J connectivity index is 1.92. The van der Waals surface area contributed by atoms with Gasteiger partial charge in [-0.05, 0) is 26.0 Å². The molecule has 1 heterocycles. The van der Waals surface area contributed by atoms with Crippen molar-refractivity contribution in [3.63, 3.8) is 0 Å². The summed E-state index contributed by atoms with van der Waals surface area (Å²) in [5.74, 6) is -0.270. The number of benzene rings is 1. The minimum atomic E-state index is -0.535. The summed E-state index contributed by atoms with van der Waals surface area (Å²) in [7, 11) is 0. The lowest BCUT2D eigenvalue weighted by atomic mass is 10.2. The lowest BCUT2D eigenvalue weighted by molar-refractivity contribution is -0.384. The zero-order valence-electron chi connectivity index (χ0n) is 13.4. The van der Waals surface area contributed by atoms with Crippen molar-refractivity contribution in [2.24, 2.45) is 5.10 Å². The van der Waals surface area contributed by atoms with E-state index >= 15 is 0 Å². The van der Waals surface area contributed by atoms with E-state index < -0.39 is 4.92 Å². The van der Waals surface area contributed by atoms with Gasteiger partial charge in [-0.25, -0.2) is 15.4 Å². The van der Waals surface area contributed by atoms with Crippen molar-refractivity contribution in [1.29, 1.82) is 0 Å². The summed E-state index contributed by atoms with van der Waals surface area (Å²) >= 11 is 7.13. The van der Waals surface area contributed by atoms with Crippen molar-refractivity contribution in [2.45, 2.75) is 19.0 Å². The second-order valence-corrected chi connectivity index (χ2v) is 6.33. The van der Waals surface area contributed by atoms with Crippen LogP contribution < -0.4 is 5.43 Å². The van der Waals surface area contributed by atoms with Crippen molar-refractivity contribution in [3.8, 4) is 0 Å². The van der Waals surface area contributed by atoms with Crippen molar-refractivity contribution in [2.75, 3.05) is 5.75 Å². The van der Waals surface area contributed by atoms with Crippen LogP contribution in [0.2, 0.25) is 5.02 Å². The van der Waals surface area contributed by atoms with E-state index in [9.17, 15) is 14.9 Å². The fourth-order valence-electron chi connectivity index (χ4n) is 1.84. The van der Waals surface area contributed by atoms with Gasteiger partial charge in [0.05, 0.1) is 16.9 Å². The first-order valence-electron chi connectivity index (χ1n) is 7.06. The summed E-state index contributed by atoms with van der Waals surface area (Å²) in [4.78, 5) is 30.5. The average Bonchev–Trinajstić information content (AvgIpc) is 2.53. The third-order valence-corrected chi connectivity index (χ3v) is 4.07. The van der Waals surface area contributed by atoms with Crippen LogP contribution in [-0.2, 0) is 4.79 Å². The van der Waals surface area contributed by atoms with E-state index in [1.807, 2.05) is 19.9 Å². The highest BCUT2D eigenvalue weighted by atomic mass is 35.5. The van der Waals surface area contributed by atoms with E-state index in [0.29, 0.717) is 15.7 Å². The number of nitro benzene ring substituents is 1. The van der Waals surface area contributed by atoms with Crippen LogP contribution in [0.3, 0.4) is 0 Å². The Labute approximate surface area is 152 Å². The molecule has 0 unspecified atom stereocenters. The summed E-state index contributed by atoms with van der Waals surface area (Å²) in [6.45, 7) is 3.71. The number of aryl methyl sites for hydroxylation is 2. The molecule has 0 radical (unpaired) electrons. The van der Waals surface area contributed by atoms with Crippen LogP contribution in [0.5, 0.6) is 0 Å². The molecule has 0 bridgehead atoms. The molecule has 1 N–H and O–H groups in total. The topological polar surface area (TPSA) is 110 Å². The number of halogens is 1. The van der Waals surface area contributed by atoms with Crippen LogP contribution in [0, 0.1) is 24.0 Å². The number of nitrogens with one attached hydrogen (secondary N) is 1. The molecule has 0 aliphatic rings. The molecule has 10 heteroatoms. The number of carbonyl (C=O) groups is 1. The molecule has 0 aliphatic heterocycles. The monoisotopic (exact) mass is 379 g/mol. The molecule has 25 heavy (non-hydrogen) atoms. The summed E-state index contributed by atoms with van der Waals surface area (Å²) < 4.78 is 0. The molecule has 2 rings (SSSR count). The summed E-state index contributed by atoms with van der Waals surface area (Å²) in [5.41, 5.74) is 4.21. The van der Waals surface area contributed by atoms with Gasteiger partial charge >= 0.3 is 0 Å². The maximum Gasteiger partial charge on any atom is 0.270 e. The smallest absolute Gasteiger partial charge is 0.270 e. The molecule has 2 aromatic rings. The van der Waals surface area contributed by atoms with Gasteiger partial charge in [0.25, 0.3) is 11.6 Å². The fraction of sp³-hybridized carbons (Fsp3) is 0.200. The van der Waals surface area contributed by atoms with Crippen molar-refractivity contribution in [3.05, 3.63) is 56.4 Å². The standard InChI is InChI=1S/C15H14ClN5O3S/c1-9-5-10(2)19-15(18-9)25-8-14(22)20-17-7-11-6-12(21(23)24)3-4-13(11)16/h3-7H,8H2,1-2H3,(H,20,22)/b17-7+. The Morgan fingerprint density at radius 1 is 1.36 bits per heavy atom. The Kier molecular flexibility index (Phi) is 6.43. The molecule has 1 aromatic heterocycles. The maximum absolute atomic E-state index is 11.8. The highest BCUT2D eigenvalue weighted by molar-refractivity contribution is 7.99. The Morgan fingerprint density at radius 3 is 2.68 bits per heavy atom. The number of thioether (sulfide) groups is 1. The summed E-state index contributed by atoms with van der Waals surface area (Å²) in [6.07, 6.45) is 1.26. The Morgan fingerprint density at radius 2 is 2.04 bits per heavy atom. The van der Waals surface area contributed by atoms with Crippen LogP contribution in [0.4, 0.5) is 5.69 Å². The van der Waals surface area contributed by atoms with E-state index in [1.54, 1.807) is 0 Å². The fourth-order valence-corrected chi connectivity index (χ4v) is 2.75. The number of nitrogens with zero attached hydrogens (tertiary/aromatic N) is 4. The average molecular weight is 380 g/mol. The minimum absolute atomic E-state index is 0.0862. The van der Waals surface area contributed by atoms with Gasteiger partial charge in [0.15, 0.2) is 5.16 Å². The predicted octanol–water partition coefficient (Wildman–Crippen LogP) is 2.90. The van der Waals surface area contributed by atoms with Crippen LogP contribution in [0.15, 0.2) is 34.5 Å². The predicted molar refractivity (Wildman–Crippen MR) is 96.1 cm³/mol. The van der Waals surface area contributed by atoms with Gasteiger partial charge in [0.2, 0.25) is 0 Å². The quantitative estimate of drug-likeness (QED) is 0.271. The second kappa shape index (κ2) is 8.54. The molecular weight excluding hydrogens is 366 g/mol. The number of rotatable bonds is 6. The normalized spacial score (nSPS) is 10.8. The third kappa shape index (κ3) is 5.80. The van der Waals surface area contributed by atoms with Crippen LogP contribution in [0.25, 0.3) is 0 Å². The Hall–Kier alpha value is -2.52. The lowest BCUT2D eigenvalue weighted by Crippen LogP contribution is -2.19. The van der Waals surface area contributed by atoms with Gasteiger partial charge in [-0.1, -0.05) is 23.4 Å². The SMILES string of the molecule is Cc1cc(C)nc(SCC(=O)N/N=C/c2cc([N+](=O)[O-])ccc2Cl)n1. The molecule has 1 amide bonds. The van der Waals surface area contributed by atoms with Crippen molar-refractivity contribution in [1.82, 2.24) is 15.4 Å². The van der Waals surface area contributed by atoms with Gasteiger partial charge in [-0.2, -0.15) is 5.10 Å². The first-order valence-corrected chi connectivity index (χ1v) is 8.42. The molecular formula is C15H14ClN5O3S. The highest BCUT2D eigenvalue weighted by Crippen LogP contribution is 2.20. The zero-order chi connectivity index (χ0) is 18.4. The van der Waals surface area contributed by atoms with Gasteiger partial charge in [-0.3, -0.25) is 14.9 Å². The molecule has 1 aromatic carbocycles. The zero-order valence-corrected chi connectivity index (χ0v) is 15.0. The first kappa shape index (κ1) is 18.8. The molecule has 0 saturated heterocycles. The van der Waals surface area contributed by atoms with Crippen LogP contribution in [0.1, 0.15) is 17.0 Å². The van der Waals surface area contributed by atoms with Gasteiger partial charge < -0.3 is 0 Å². The van der Waals surface area contributed by atoms with Crippen molar-refractivity contribution >= 4 is 41.2 Å². The largest absolute Gasteiger partial charge is 0.272 e. The molecule has 0 aliphatic carbocycles. The van der Waals surface area contributed by atoms with Crippen molar-refractivity contribution < 1.29 is 9.72 Å². The molecule has 8 nitrogen and oxygen atoms in total. The summed E-state index contributed by atoms with van der Waals surface area (Å²) in [5, 5.41) is 15.3. The van der Waals surface area contributed by atoms with E-state index in [-0.39, 0.29) is 17.3 Å². The maximum atomic E-state index is 11.8. The second-order valence-electron chi connectivity index (χ2n) is 4.98. The Bertz CT molecular complexity index is 824. The van der Waals surface area contributed by atoms with E-state index in [4.69, 9.17) is 11.6 Å². The van der Waals surface area contributed by atoms with Crippen LogP contribution >= 0.6 is 23.4 Å². The first-order chi connectivity index (χ1) is 11.8. The molecule has 0 fully saturated rings. The number of hydrogen-bond donors (Lipinski definition) is 1. The number of carbonyl (C=O) groups excluding carboxylic acids is 1. The third-order valence-electron chi connectivity index (χ3n) is 2.88. The molecule has 130 valence electrons. The number of amides is 1. The molecule has 0 saturated carbocycles. The van der Waals surface area contributed by atoms with Gasteiger partial charge in [0.1, 0.15) is 0 Å². The number of hydrazone groups is 1. The molecule has 0 spiro atoms. The number of hydrogen-bond acceptors (Lipinski definition) is 7. The van der Waals surface area contributed by atoms with Gasteiger partial charge in [0, 0.05) is 34.1 Å². The lowest BCUT2D eigenvalue weighted by Gasteiger charge is -2.02. The summed E-state index contributed by atoms with van der Waals surface area (Å²) in [6, 6.07) is 5.81. The van der Waals surface area contributed by atoms with E-state index in [1.165, 1.54) is 36.2 Å². The highest BCUT2D eigenvalue weighted by Gasteiger charge is 2.09. The number of aromatic nitrogens is 2. The number of nitro groups is 1. The van der Waals surface area contributed by atoms with E-state index in [2.05, 4.69) is 20.5 Å². The van der Waals surface area contributed by atoms with E-state index in [0.717, 1.165) is 11.4 Å². The minimum Gasteiger partial charge on any atom is -0.272 e. The number of non-ortho nitro benzene ring substituents is 1. The van der Waals surface area contributed by atoms with Crippen LogP contribution in [-0.4, -0.2) is 32.8 Å².